The van der Waals surface area contributed by atoms with Gasteiger partial charge in [-0.2, -0.15) is 4.31 Å². The summed E-state index contributed by atoms with van der Waals surface area (Å²) in [6.45, 7) is 4.92. The first-order chi connectivity index (χ1) is 12.6. The molecule has 0 radical (unpaired) electrons. The Balaban J connectivity index is 1.67. The van der Waals surface area contributed by atoms with Gasteiger partial charge in [0.25, 0.3) is 10.0 Å². The Morgan fingerprint density at radius 1 is 1.30 bits per heavy atom. The molecule has 2 fully saturated rings. The SMILES string of the molecule is CC(C)c1nc(S(=O)(=O)N2CCC(N3CC(C(N)=O)CC3=O)CC2)cn1C. The minimum Gasteiger partial charge on any atom is -0.369 e. The van der Waals surface area contributed by atoms with E-state index in [1.807, 2.05) is 13.8 Å². The summed E-state index contributed by atoms with van der Waals surface area (Å²) in [4.78, 5) is 29.5. The Morgan fingerprint density at radius 3 is 2.41 bits per heavy atom. The van der Waals surface area contributed by atoms with Gasteiger partial charge in [-0.1, -0.05) is 13.8 Å². The van der Waals surface area contributed by atoms with Crippen molar-refractivity contribution < 1.29 is 18.0 Å². The lowest BCUT2D eigenvalue weighted by atomic mass is 10.1. The maximum absolute atomic E-state index is 12.9. The summed E-state index contributed by atoms with van der Waals surface area (Å²) in [5.41, 5.74) is 5.32. The number of hydrogen-bond acceptors (Lipinski definition) is 5. The van der Waals surface area contributed by atoms with Crippen molar-refractivity contribution in [2.24, 2.45) is 18.7 Å². The van der Waals surface area contributed by atoms with Crippen LogP contribution in [0.3, 0.4) is 0 Å². The van der Waals surface area contributed by atoms with Crippen molar-refractivity contribution in [2.75, 3.05) is 19.6 Å². The summed E-state index contributed by atoms with van der Waals surface area (Å²) in [6, 6.07) is -0.0525. The predicted octanol–water partition coefficient (Wildman–Crippen LogP) is 0.0304. The molecule has 0 aliphatic carbocycles. The number of imidazole rings is 1. The maximum Gasteiger partial charge on any atom is 0.262 e. The minimum atomic E-state index is -3.66. The van der Waals surface area contributed by atoms with Gasteiger partial charge < -0.3 is 15.2 Å². The third-order valence-electron chi connectivity index (χ3n) is 5.44. The first-order valence-electron chi connectivity index (χ1n) is 9.23. The second kappa shape index (κ2) is 7.23. The van der Waals surface area contributed by atoms with E-state index in [0.717, 1.165) is 5.82 Å². The zero-order chi connectivity index (χ0) is 19.9. The molecule has 3 rings (SSSR count). The van der Waals surface area contributed by atoms with Gasteiger partial charge >= 0.3 is 0 Å². The van der Waals surface area contributed by atoms with Crippen molar-refractivity contribution in [2.45, 2.75) is 50.1 Å². The number of carbonyl (C=O) groups excluding carboxylic acids is 2. The van der Waals surface area contributed by atoms with Gasteiger partial charge in [0, 0.05) is 51.3 Å². The van der Waals surface area contributed by atoms with E-state index in [4.69, 9.17) is 5.73 Å². The van der Waals surface area contributed by atoms with Crippen LogP contribution >= 0.6 is 0 Å². The number of aryl methyl sites for hydroxylation is 1. The number of sulfonamides is 1. The van der Waals surface area contributed by atoms with E-state index in [1.54, 1.807) is 22.7 Å². The Labute approximate surface area is 159 Å². The Hall–Kier alpha value is -1.94. The molecular weight excluding hydrogens is 370 g/mol. The molecule has 1 aromatic rings. The summed E-state index contributed by atoms with van der Waals surface area (Å²) in [6.07, 6.45) is 2.79. The summed E-state index contributed by atoms with van der Waals surface area (Å²) >= 11 is 0. The number of piperidine rings is 1. The van der Waals surface area contributed by atoms with Gasteiger partial charge in [0.2, 0.25) is 11.8 Å². The third kappa shape index (κ3) is 3.73. The molecule has 0 aromatic carbocycles. The van der Waals surface area contributed by atoms with Crippen LogP contribution in [-0.4, -0.2) is 64.7 Å². The number of nitrogens with two attached hydrogens (primary N) is 1. The molecule has 9 nitrogen and oxygen atoms in total. The van der Waals surface area contributed by atoms with Crippen molar-refractivity contribution >= 4 is 21.8 Å². The van der Waals surface area contributed by atoms with E-state index < -0.39 is 21.8 Å². The number of carbonyl (C=O) groups is 2. The van der Waals surface area contributed by atoms with Crippen molar-refractivity contribution in [1.82, 2.24) is 18.8 Å². The molecule has 2 aliphatic rings. The van der Waals surface area contributed by atoms with Gasteiger partial charge in [0.1, 0.15) is 5.82 Å². The lowest BCUT2D eigenvalue weighted by Crippen LogP contribution is -2.47. The van der Waals surface area contributed by atoms with Crippen LogP contribution in [0.2, 0.25) is 0 Å². The Morgan fingerprint density at radius 2 is 1.93 bits per heavy atom. The maximum atomic E-state index is 12.9. The molecule has 27 heavy (non-hydrogen) atoms. The molecule has 1 aromatic heterocycles. The highest BCUT2D eigenvalue weighted by Crippen LogP contribution is 2.28. The zero-order valence-electron chi connectivity index (χ0n) is 16.0. The zero-order valence-corrected chi connectivity index (χ0v) is 16.8. The highest BCUT2D eigenvalue weighted by Gasteiger charge is 2.40. The lowest BCUT2D eigenvalue weighted by molar-refractivity contribution is -0.130. The van der Waals surface area contributed by atoms with Gasteiger partial charge in [-0.25, -0.2) is 13.4 Å². The number of primary amides is 1. The molecule has 10 heteroatoms. The molecule has 0 saturated carbocycles. The van der Waals surface area contributed by atoms with E-state index in [0.29, 0.717) is 32.5 Å². The highest BCUT2D eigenvalue weighted by atomic mass is 32.2. The molecule has 2 amide bonds. The number of aromatic nitrogens is 2. The predicted molar refractivity (Wildman–Crippen MR) is 98.1 cm³/mol. The molecule has 150 valence electrons. The van der Waals surface area contributed by atoms with Crippen LogP contribution in [0, 0.1) is 5.92 Å². The van der Waals surface area contributed by atoms with Gasteiger partial charge in [-0.05, 0) is 12.8 Å². The van der Waals surface area contributed by atoms with Crippen molar-refractivity contribution in [3.05, 3.63) is 12.0 Å². The topological polar surface area (TPSA) is 119 Å². The highest BCUT2D eigenvalue weighted by molar-refractivity contribution is 7.89. The van der Waals surface area contributed by atoms with Crippen molar-refractivity contribution in [3.63, 3.8) is 0 Å². The second-order valence-corrected chi connectivity index (χ2v) is 9.57. The Kier molecular flexibility index (Phi) is 5.31. The average molecular weight is 398 g/mol. The van der Waals surface area contributed by atoms with E-state index in [9.17, 15) is 18.0 Å². The normalized spacial score (nSPS) is 22.7. The third-order valence-corrected chi connectivity index (χ3v) is 7.21. The summed E-state index contributed by atoms with van der Waals surface area (Å²) in [5, 5.41) is 0.0678. The van der Waals surface area contributed by atoms with Crippen LogP contribution in [0.25, 0.3) is 0 Å². The largest absolute Gasteiger partial charge is 0.369 e. The van der Waals surface area contributed by atoms with E-state index in [2.05, 4.69) is 4.98 Å². The van der Waals surface area contributed by atoms with Crippen LogP contribution in [-0.2, 0) is 26.7 Å². The molecule has 1 unspecified atom stereocenters. The first kappa shape index (κ1) is 19.8. The molecular formula is C17H27N5O4S. The van der Waals surface area contributed by atoms with Crippen molar-refractivity contribution in [3.8, 4) is 0 Å². The number of likely N-dealkylation sites (tertiary alicyclic amines) is 1. The monoisotopic (exact) mass is 397 g/mol. The van der Waals surface area contributed by atoms with Crippen LogP contribution in [0.1, 0.15) is 44.9 Å². The van der Waals surface area contributed by atoms with Gasteiger partial charge in [-0.3, -0.25) is 9.59 Å². The van der Waals surface area contributed by atoms with Crippen LogP contribution in [0.15, 0.2) is 11.2 Å². The Bertz CT molecular complexity index is 840. The molecule has 1 atom stereocenters. The number of rotatable bonds is 5. The fraction of sp³-hybridized carbons (Fsp3) is 0.706. The molecule has 0 spiro atoms. The number of amides is 2. The minimum absolute atomic E-state index is 0.0525. The lowest BCUT2D eigenvalue weighted by Gasteiger charge is -2.35. The fourth-order valence-electron chi connectivity index (χ4n) is 3.91. The molecule has 3 heterocycles. The molecule has 0 bridgehead atoms. The first-order valence-corrected chi connectivity index (χ1v) is 10.7. The van der Waals surface area contributed by atoms with Gasteiger partial charge in [-0.15, -0.1) is 0 Å². The second-order valence-electron chi connectivity index (χ2n) is 7.69. The van der Waals surface area contributed by atoms with E-state index >= 15 is 0 Å². The number of hydrogen-bond donors (Lipinski definition) is 1. The molecule has 2 N–H and O–H groups in total. The quantitative estimate of drug-likeness (QED) is 0.752. The van der Waals surface area contributed by atoms with Crippen LogP contribution < -0.4 is 5.73 Å². The van der Waals surface area contributed by atoms with Crippen molar-refractivity contribution in [1.29, 1.82) is 0 Å². The summed E-state index contributed by atoms with van der Waals surface area (Å²) in [5.74, 6) is -0.122. The molecule has 2 aliphatic heterocycles. The summed E-state index contributed by atoms with van der Waals surface area (Å²) < 4.78 is 29.0. The van der Waals surface area contributed by atoms with E-state index in [1.165, 1.54) is 4.31 Å². The van der Waals surface area contributed by atoms with Gasteiger partial charge in [0.15, 0.2) is 5.03 Å². The van der Waals surface area contributed by atoms with E-state index in [-0.39, 0.29) is 29.3 Å². The average Bonchev–Trinajstić information content (AvgIpc) is 3.18. The fourth-order valence-corrected chi connectivity index (χ4v) is 5.37. The summed E-state index contributed by atoms with van der Waals surface area (Å²) in [7, 11) is -1.86. The van der Waals surface area contributed by atoms with Crippen LogP contribution in [0.4, 0.5) is 0 Å². The molecule has 2 saturated heterocycles. The van der Waals surface area contributed by atoms with Gasteiger partial charge in [0.05, 0.1) is 5.92 Å². The smallest absolute Gasteiger partial charge is 0.262 e. The number of nitrogens with zero attached hydrogens (tertiary/aromatic N) is 4. The van der Waals surface area contributed by atoms with Crippen LogP contribution in [0.5, 0.6) is 0 Å². The standard InChI is InChI=1S/C17H27N5O4S/c1-11(2)17-19-14(10-20(17)3)27(25,26)21-6-4-13(5-7-21)22-9-12(16(18)24)8-15(22)23/h10-13H,4-9H2,1-3H3,(H2,18,24).